The zero-order valence-corrected chi connectivity index (χ0v) is 8.79. The molecule has 0 aliphatic carbocycles. The Morgan fingerprint density at radius 1 is 1.31 bits per heavy atom. The highest BCUT2D eigenvalue weighted by atomic mass is 35.5. The number of para-hydroxylation sites is 1. The summed E-state index contributed by atoms with van der Waals surface area (Å²) in [5, 5.41) is 0.0957. The van der Waals surface area contributed by atoms with Gasteiger partial charge in [-0.1, -0.05) is 6.07 Å². The number of halogens is 2. The van der Waals surface area contributed by atoms with Gasteiger partial charge < -0.3 is 10.2 Å². The molecule has 0 aliphatic heterocycles. The topological polar surface area (TPSA) is 56.2 Å². The molecule has 0 amide bonds. The molecule has 0 radical (unpaired) electrons. The van der Waals surface area contributed by atoms with Crippen molar-refractivity contribution in [1.29, 1.82) is 0 Å². The van der Waals surface area contributed by atoms with Gasteiger partial charge in [0.05, 0.1) is 11.3 Å². The highest BCUT2D eigenvalue weighted by Crippen LogP contribution is 2.22. The van der Waals surface area contributed by atoms with Crippen molar-refractivity contribution in [3.05, 3.63) is 52.7 Å². The number of ketones is 1. The predicted molar refractivity (Wildman–Crippen MR) is 58.0 cm³/mol. The van der Waals surface area contributed by atoms with Crippen LogP contribution in [0, 0.1) is 5.82 Å². The van der Waals surface area contributed by atoms with E-state index in [2.05, 4.69) is 0 Å². The second kappa shape index (κ2) is 3.98. The summed E-state index contributed by atoms with van der Waals surface area (Å²) in [6.07, 6.45) is 0. The average molecular weight is 240 g/mol. The van der Waals surface area contributed by atoms with E-state index in [0.717, 1.165) is 0 Å². The van der Waals surface area contributed by atoms with Crippen molar-refractivity contribution in [2.24, 2.45) is 0 Å². The molecule has 1 aromatic carbocycles. The fraction of sp³-hybridized carbons (Fsp3) is 0. The largest absolute Gasteiger partial charge is 0.441 e. The van der Waals surface area contributed by atoms with Crippen LogP contribution in [0.5, 0.6) is 0 Å². The van der Waals surface area contributed by atoms with Gasteiger partial charge in [-0.2, -0.15) is 0 Å². The monoisotopic (exact) mass is 239 g/mol. The van der Waals surface area contributed by atoms with Gasteiger partial charge in [-0.05, 0) is 35.9 Å². The third-order valence-corrected chi connectivity index (χ3v) is 2.30. The average Bonchev–Trinajstić information content (AvgIpc) is 2.68. The van der Waals surface area contributed by atoms with E-state index < -0.39 is 11.6 Å². The van der Waals surface area contributed by atoms with Crippen LogP contribution < -0.4 is 5.73 Å². The molecule has 0 atom stereocenters. The first kappa shape index (κ1) is 10.7. The Kier molecular flexibility index (Phi) is 2.66. The lowest BCUT2D eigenvalue weighted by atomic mass is 10.1. The van der Waals surface area contributed by atoms with Gasteiger partial charge in [-0.3, -0.25) is 4.79 Å². The summed E-state index contributed by atoms with van der Waals surface area (Å²) >= 11 is 5.54. The number of anilines is 1. The fourth-order valence-electron chi connectivity index (χ4n) is 1.30. The molecule has 0 saturated heterocycles. The molecule has 2 N–H and O–H groups in total. The number of furan rings is 1. The second-order valence-electron chi connectivity index (χ2n) is 3.13. The first-order valence-corrected chi connectivity index (χ1v) is 4.81. The summed E-state index contributed by atoms with van der Waals surface area (Å²) in [7, 11) is 0. The molecule has 2 aromatic rings. The van der Waals surface area contributed by atoms with E-state index in [1.54, 1.807) is 0 Å². The Balaban J connectivity index is 2.45. The number of carbonyl (C=O) groups excluding carboxylic acids is 1. The normalized spacial score (nSPS) is 10.4. The molecule has 0 saturated carbocycles. The minimum Gasteiger partial charge on any atom is -0.441 e. The maximum absolute atomic E-state index is 13.1. The van der Waals surface area contributed by atoms with Gasteiger partial charge >= 0.3 is 0 Å². The highest BCUT2D eigenvalue weighted by Gasteiger charge is 2.17. The number of benzene rings is 1. The van der Waals surface area contributed by atoms with Gasteiger partial charge in [0.15, 0.2) is 11.0 Å². The van der Waals surface area contributed by atoms with Gasteiger partial charge in [0.2, 0.25) is 5.78 Å². The van der Waals surface area contributed by atoms with Gasteiger partial charge in [0.25, 0.3) is 0 Å². The van der Waals surface area contributed by atoms with Crippen molar-refractivity contribution in [2.75, 3.05) is 5.73 Å². The number of hydrogen-bond acceptors (Lipinski definition) is 3. The Morgan fingerprint density at radius 3 is 2.69 bits per heavy atom. The summed E-state index contributed by atoms with van der Waals surface area (Å²) in [6.45, 7) is 0. The summed E-state index contributed by atoms with van der Waals surface area (Å²) in [5.74, 6) is -1.10. The zero-order chi connectivity index (χ0) is 11.7. The van der Waals surface area contributed by atoms with Crippen LogP contribution in [0.15, 0.2) is 34.7 Å². The molecule has 0 spiro atoms. The molecule has 0 unspecified atom stereocenters. The molecule has 5 heteroatoms. The summed E-state index contributed by atoms with van der Waals surface area (Å²) in [5.41, 5.74) is 5.32. The second-order valence-corrected chi connectivity index (χ2v) is 3.51. The zero-order valence-electron chi connectivity index (χ0n) is 8.04. The molecule has 0 aliphatic rings. The lowest BCUT2D eigenvalue weighted by molar-refractivity contribution is 0.101. The van der Waals surface area contributed by atoms with Crippen molar-refractivity contribution in [2.45, 2.75) is 0 Å². The standard InChI is InChI=1S/C11H7ClFNO2/c12-9-5-4-8(16-9)11(15)6-2-1-3-7(13)10(6)14/h1-5H,14H2. The molecule has 2 rings (SSSR count). The quantitative estimate of drug-likeness (QED) is 0.648. The Labute approximate surface area is 95.6 Å². The summed E-state index contributed by atoms with van der Waals surface area (Å²) in [6, 6.07) is 6.86. The maximum Gasteiger partial charge on any atom is 0.230 e. The van der Waals surface area contributed by atoms with Crippen LogP contribution in [-0.2, 0) is 0 Å². The van der Waals surface area contributed by atoms with Crippen LogP contribution >= 0.6 is 11.6 Å². The minimum atomic E-state index is -0.636. The minimum absolute atomic E-state index is 0.0299. The number of hydrogen-bond donors (Lipinski definition) is 1. The van der Waals surface area contributed by atoms with Crippen molar-refractivity contribution in [3.63, 3.8) is 0 Å². The van der Waals surface area contributed by atoms with Crippen LogP contribution in [-0.4, -0.2) is 5.78 Å². The highest BCUT2D eigenvalue weighted by molar-refractivity contribution is 6.29. The van der Waals surface area contributed by atoms with Crippen LogP contribution in [0.1, 0.15) is 16.1 Å². The molecular formula is C11H7ClFNO2. The molecule has 1 heterocycles. The number of nitrogen functional groups attached to an aromatic ring is 1. The molecule has 3 nitrogen and oxygen atoms in total. The summed E-state index contributed by atoms with van der Waals surface area (Å²) < 4.78 is 18.1. The lowest BCUT2D eigenvalue weighted by Crippen LogP contribution is -2.05. The van der Waals surface area contributed by atoms with Gasteiger partial charge in [-0.25, -0.2) is 4.39 Å². The maximum atomic E-state index is 13.1. The molecule has 0 bridgehead atoms. The Hall–Kier alpha value is -1.81. The van der Waals surface area contributed by atoms with Crippen molar-refractivity contribution in [1.82, 2.24) is 0 Å². The third kappa shape index (κ3) is 1.79. The fourth-order valence-corrected chi connectivity index (χ4v) is 1.45. The van der Waals surface area contributed by atoms with Crippen LogP contribution in [0.4, 0.5) is 10.1 Å². The van der Waals surface area contributed by atoms with E-state index in [1.807, 2.05) is 0 Å². The van der Waals surface area contributed by atoms with Crippen LogP contribution in [0.25, 0.3) is 0 Å². The van der Waals surface area contributed by atoms with Crippen molar-refractivity contribution >= 4 is 23.1 Å². The smallest absolute Gasteiger partial charge is 0.230 e. The number of nitrogens with two attached hydrogens (primary N) is 1. The third-order valence-electron chi connectivity index (χ3n) is 2.09. The van der Waals surface area contributed by atoms with E-state index in [9.17, 15) is 9.18 Å². The predicted octanol–water partition coefficient (Wildman–Crippen LogP) is 2.89. The van der Waals surface area contributed by atoms with E-state index in [-0.39, 0.29) is 22.2 Å². The van der Waals surface area contributed by atoms with Gasteiger partial charge in [-0.15, -0.1) is 0 Å². The van der Waals surface area contributed by atoms with Crippen molar-refractivity contribution in [3.8, 4) is 0 Å². The van der Waals surface area contributed by atoms with E-state index in [4.69, 9.17) is 21.8 Å². The SMILES string of the molecule is Nc1c(F)cccc1C(=O)c1ccc(Cl)o1. The van der Waals surface area contributed by atoms with E-state index in [0.29, 0.717) is 0 Å². The molecule has 0 fully saturated rings. The Bertz CT molecular complexity index is 551. The molecule has 16 heavy (non-hydrogen) atoms. The molecule has 1 aromatic heterocycles. The van der Waals surface area contributed by atoms with E-state index in [1.165, 1.54) is 30.3 Å². The number of carbonyl (C=O) groups is 1. The summed E-state index contributed by atoms with van der Waals surface area (Å²) in [4.78, 5) is 11.8. The molecular weight excluding hydrogens is 233 g/mol. The first-order valence-electron chi connectivity index (χ1n) is 4.43. The van der Waals surface area contributed by atoms with Crippen LogP contribution in [0.2, 0.25) is 5.22 Å². The van der Waals surface area contributed by atoms with E-state index >= 15 is 0 Å². The molecule has 82 valence electrons. The lowest BCUT2D eigenvalue weighted by Gasteiger charge is -2.02. The van der Waals surface area contributed by atoms with Gasteiger partial charge in [0, 0.05) is 0 Å². The van der Waals surface area contributed by atoms with Crippen LogP contribution in [0.3, 0.4) is 0 Å². The van der Waals surface area contributed by atoms with Gasteiger partial charge in [0.1, 0.15) is 5.82 Å². The number of rotatable bonds is 2. The first-order chi connectivity index (χ1) is 7.59. The Morgan fingerprint density at radius 2 is 2.06 bits per heavy atom. The van der Waals surface area contributed by atoms with Crippen molar-refractivity contribution < 1.29 is 13.6 Å².